The normalized spacial score (nSPS) is 11.1. The number of amides is 1. The Morgan fingerprint density at radius 1 is 0.967 bits per heavy atom. The van der Waals surface area contributed by atoms with E-state index in [1.807, 2.05) is 24.3 Å². The smallest absolute Gasteiger partial charge is 0.417 e. The van der Waals surface area contributed by atoms with Crippen LogP contribution in [0.25, 0.3) is 0 Å². The average molecular weight is 416 g/mol. The van der Waals surface area contributed by atoms with E-state index in [0.29, 0.717) is 24.1 Å². The lowest BCUT2D eigenvalue weighted by molar-refractivity contribution is -0.137. The number of hydrogen-bond donors (Lipinski definition) is 0. The fourth-order valence-corrected chi connectivity index (χ4v) is 2.69. The van der Waals surface area contributed by atoms with Crippen LogP contribution in [0.4, 0.5) is 13.2 Å². The summed E-state index contributed by atoms with van der Waals surface area (Å²) in [5.74, 6) is 0.950. The molecule has 0 saturated carbocycles. The highest BCUT2D eigenvalue weighted by molar-refractivity contribution is 5.94. The number of nitrogens with zero attached hydrogens (tertiary/aromatic N) is 2. The number of hydrogen-bond acceptors (Lipinski definition) is 4. The third-order valence-electron chi connectivity index (χ3n) is 4.31. The van der Waals surface area contributed by atoms with E-state index in [0.717, 1.165) is 23.4 Å². The second kappa shape index (κ2) is 8.86. The predicted molar refractivity (Wildman–Crippen MR) is 105 cm³/mol. The summed E-state index contributed by atoms with van der Waals surface area (Å²) in [4.78, 5) is 17.9. The molecular formula is C22H19F3N2O3. The van der Waals surface area contributed by atoms with E-state index in [9.17, 15) is 18.0 Å². The molecule has 1 aromatic heterocycles. The number of methoxy groups -OCH3 is 1. The van der Waals surface area contributed by atoms with Crippen molar-refractivity contribution in [1.82, 2.24) is 9.88 Å². The molecule has 0 unspecified atom stereocenters. The molecule has 0 atom stereocenters. The van der Waals surface area contributed by atoms with Crippen LogP contribution < -0.4 is 9.47 Å². The highest BCUT2D eigenvalue weighted by Crippen LogP contribution is 2.30. The highest BCUT2D eigenvalue weighted by Gasteiger charge is 2.30. The Labute approximate surface area is 171 Å². The van der Waals surface area contributed by atoms with Crippen LogP contribution in [-0.2, 0) is 12.7 Å². The first-order valence-corrected chi connectivity index (χ1v) is 8.96. The number of alkyl halides is 3. The van der Waals surface area contributed by atoms with Gasteiger partial charge in [-0.1, -0.05) is 12.1 Å². The number of carbonyl (C=O) groups is 1. The fourth-order valence-electron chi connectivity index (χ4n) is 2.69. The monoisotopic (exact) mass is 416 g/mol. The largest absolute Gasteiger partial charge is 0.497 e. The summed E-state index contributed by atoms with van der Waals surface area (Å²) in [6.45, 7) is 0.427. The quantitative estimate of drug-likeness (QED) is 0.556. The Bertz CT molecular complexity index is 986. The van der Waals surface area contributed by atoms with Crippen molar-refractivity contribution >= 4 is 5.91 Å². The van der Waals surface area contributed by atoms with Gasteiger partial charge >= 0.3 is 6.18 Å². The zero-order valence-electron chi connectivity index (χ0n) is 16.3. The summed E-state index contributed by atoms with van der Waals surface area (Å²) in [6, 6.07) is 15.8. The van der Waals surface area contributed by atoms with Gasteiger partial charge in [0.2, 0.25) is 5.88 Å². The molecule has 3 aromatic rings. The first-order chi connectivity index (χ1) is 14.3. The molecule has 1 amide bonds. The predicted octanol–water partition coefficient (Wildman–Crippen LogP) is 5.17. The number of ether oxygens (including phenoxy) is 2. The van der Waals surface area contributed by atoms with Crippen LogP contribution in [0.3, 0.4) is 0 Å². The fraction of sp³-hybridized carbons (Fsp3) is 0.182. The van der Waals surface area contributed by atoms with Gasteiger partial charge in [0.25, 0.3) is 5.91 Å². The summed E-state index contributed by atoms with van der Waals surface area (Å²) < 4.78 is 48.3. The molecule has 8 heteroatoms. The number of benzene rings is 2. The maximum atomic E-state index is 12.6. The van der Waals surface area contributed by atoms with Crippen LogP contribution in [-0.4, -0.2) is 29.9 Å². The van der Waals surface area contributed by atoms with Gasteiger partial charge in [0.15, 0.2) is 0 Å². The van der Waals surface area contributed by atoms with Crippen LogP contribution in [0.2, 0.25) is 0 Å². The van der Waals surface area contributed by atoms with Crippen molar-refractivity contribution in [3.8, 4) is 17.4 Å². The third-order valence-corrected chi connectivity index (χ3v) is 4.31. The second-order valence-electron chi connectivity index (χ2n) is 6.52. The Balaban J connectivity index is 1.61. The molecule has 0 saturated heterocycles. The summed E-state index contributed by atoms with van der Waals surface area (Å²) in [5, 5.41) is 0. The van der Waals surface area contributed by atoms with Gasteiger partial charge in [-0.05, 0) is 48.0 Å². The molecule has 0 N–H and O–H groups in total. The molecular weight excluding hydrogens is 397 g/mol. The van der Waals surface area contributed by atoms with Crippen LogP contribution in [0.5, 0.6) is 17.4 Å². The van der Waals surface area contributed by atoms with Gasteiger partial charge < -0.3 is 14.4 Å². The summed E-state index contributed by atoms with van der Waals surface area (Å²) in [5.41, 5.74) is 0.564. The molecule has 0 spiro atoms. The molecule has 156 valence electrons. The molecule has 1 heterocycles. The zero-order chi connectivity index (χ0) is 21.7. The van der Waals surface area contributed by atoms with E-state index < -0.39 is 11.7 Å². The van der Waals surface area contributed by atoms with Gasteiger partial charge in [0.1, 0.15) is 11.5 Å². The van der Waals surface area contributed by atoms with Crippen LogP contribution in [0.1, 0.15) is 21.5 Å². The lowest BCUT2D eigenvalue weighted by Gasteiger charge is -2.18. The second-order valence-corrected chi connectivity index (χ2v) is 6.52. The van der Waals surface area contributed by atoms with Crippen molar-refractivity contribution < 1.29 is 27.4 Å². The molecule has 3 rings (SSSR count). The Hall–Kier alpha value is -3.55. The molecule has 0 aliphatic heterocycles. The summed E-state index contributed by atoms with van der Waals surface area (Å²) in [7, 11) is 3.29. The molecule has 2 aromatic carbocycles. The topological polar surface area (TPSA) is 51.7 Å². The number of rotatable bonds is 6. The molecule has 0 aliphatic rings. The summed E-state index contributed by atoms with van der Waals surface area (Å²) >= 11 is 0. The minimum absolute atomic E-state index is 0.0266. The first-order valence-electron chi connectivity index (χ1n) is 8.96. The van der Waals surface area contributed by atoms with Crippen LogP contribution in [0.15, 0.2) is 66.9 Å². The van der Waals surface area contributed by atoms with Crippen LogP contribution >= 0.6 is 0 Å². The van der Waals surface area contributed by atoms with E-state index in [-0.39, 0.29) is 11.8 Å². The van der Waals surface area contributed by atoms with Gasteiger partial charge in [0.05, 0.1) is 12.7 Å². The molecule has 0 bridgehead atoms. The maximum absolute atomic E-state index is 12.6. The molecule has 0 radical (unpaired) electrons. The molecule has 5 nitrogen and oxygen atoms in total. The Kier molecular flexibility index (Phi) is 6.25. The van der Waals surface area contributed by atoms with Gasteiger partial charge in [-0.2, -0.15) is 13.2 Å². The number of aromatic nitrogens is 1. The lowest BCUT2D eigenvalue weighted by atomic mass is 10.1. The van der Waals surface area contributed by atoms with Gasteiger partial charge in [-0.3, -0.25) is 4.79 Å². The van der Waals surface area contributed by atoms with Gasteiger partial charge in [0, 0.05) is 31.4 Å². The van der Waals surface area contributed by atoms with E-state index >= 15 is 0 Å². The average Bonchev–Trinajstić information content (AvgIpc) is 2.74. The number of pyridine rings is 1. The minimum atomic E-state index is -4.45. The van der Waals surface area contributed by atoms with Crippen molar-refractivity contribution in [3.05, 3.63) is 83.6 Å². The van der Waals surface area contributed by atoms with E-state index in [2.05, 4.69) is 4.98 Å². The number of carbonyl (C=O) groups excluding carboxylic acids is 1. The van der Waals surface area contributed by atoms with Crippen molar-refractivity contribution in [1.29, 1.82) is 0 Å². The number of halogens is 3. The first kappa shape index (κ1) is 21.2. The van der Waals surface area contributed by atoms with E-state index in [1.165, 1.54) is 0 Å². The highest BCUT2D eigenvalue weighted by atomic mass is 19.4. The van der Waals surface area contributed by atoms with E-state index in [1.54, 1.807) is 43.3 Å². The van der Waals surface area contributed by atoms with Crippen molar-refractivity contribution in [2.24, 2.45) is 0 Å². The zero-order valence-corrected chi connectivity index (χ0v) is 16.3. The Morgan fingerprint density at radius 2 is 1.60 bits per heavy atom. The molecule has 30 heavy (non-hydrogen) atoms. The van der Waals surface area contributed by atoms with Crippen LogP contribution in [0, 0.1) is 0 Å². The molecule has 0 fully saturated rings. The van der Waals surface area contributed by atoms with Crippen molar-refractivity contribution in [2.75, 3.05) is 14.2 Å². The van der Waals surface area contributed by atoms with Crippen molar-refractivity contribution in [2.45, 2.75) is 12.7 Å². The Morgan fingerprint density at radius 3 is 2.13 bits per heavy atom. The van der Waals surface area contributed by atoms with Gasteiger partial charge in [-0.15, -0.1) is 0 Å². The van der Waals surface area contributed by atoms with Crippen molar-refractivity contribution in [3.63, 3.8) is 0 Å². The summed E-state index contributed by atoms with van der Waals surface area (Å²) in [6.07, 6.45) is -3.74. The maximum Gasteiger partial charge on any atom is 0.417 e. The van der Waals surface area contributed by atoms with E-state index in [4.69, 9.17) is 9.47 Å². The lowest BCUT2D eigenvalue weighted by Crippen LogP contribution is -2.26. The molecule has 0 aliphatic carbocycles. The standard InChI is InChI=1S/C22H19F3N2O3/c1-27(14-15-3-8-18(29-2)9-4-15)21(28)16-5-10-19(11-6-16)30-20-12-7-17(13-26-20)22(23,24)25/h3-13H,14H2,1-2H3. The minimum Gasteiger partial charge on any atom is -0.497 e. The third kappa shape index (κ3) is 5.28. The van der Waals surface area contributed by atoms with Gasteiger partial charge in [-0.25, -0.2) is 4.98 Å². The SMILES string of the molecule is COc1ccc(CN(C)C(=O)c2ccc(Oc3ccc(C(F)(F)F)cn3)cc2)cc1.